The molecule has 0 fully saturated rings. The molecule has 1 amide bonds. The van der Waals surface area contributed by atoms with E-state index in [1.54, 1.807) is 6.07 Å². The Bertz CT molecular complexity index is 529. The van der Waals surface area contributed by atoms with Gasteiger partial charge in [-0.05, 0) is 38.5 Å². The third-order valence-corrected chi connectivity index (χ3v) is 2.90. The van der Waals surface area contributed by atoms with Crippen molar-refractivity contribution in [1.82, 2.24) is 5.32 Å². The number of nitrogens with one attached hydrogen (secondary N) is 1. The van der Waals surface area contributed by atoms with E-state index < -0.39 is 0 Å². The van der Waals surface area contributed by atoms with Gasteiger partial charge in [-0.1, -0.05) is 17.9 Å². The van der Waals surface area contributed by atoms with Crippen LogP contribution in [0.4, 0.5) is 0 Å². The Morgan fingerprint density at radius 1 is 1.48 bits per heavy atom. The van der Waals surface area contributed by atoms with E-state index in [0.29, 0.717) is 25.2 Å². The zero-order chi connectivity index (χ0) is 15.7. The van der Waals surface area contributed by atoms with Gasteiger partial charge in [-0.15, -0.1) is 0 Å². The van der Waals surface area contributed by atoms with E-state index in [9.17, 15) is 4.79 Å². The number of amides is 1. The molecule has 0 aliphatic heterocycles. The third-order valence-electron chi connectivity index (χ3n) is 2.90. The molecule has 0 aliphatic carbocycles. The fourth-order valence-corrected chi connectivity index (χ4v) is 1.80. The largest absolute Gasteiger partial charge is 0.395 e. The van der Waals surface area contributed by atoms with Crippen molar-refractivity contribution in [3.63, 3.8) is 0 Å². The van der Waals surface area contributed by atoms with E-state index in [1.807, 2.05) is 32.9 Å². The molecule has 0 aliphatic rings. The van der Waals surface area contributed by atoms with Crippen molar-refractivity contribution in [3.8, 4) is 11.8 Å². The molecular weight excluding hydrogens is 266 g/mol. The average Bonchev–Trinajstić information content (AvgIpc) is 2.47. The maximum absolute atomic E-state index is 12.3. The molecule has 0 aromatic heterocycles. The number of aryl methyl sites for hydroxylation is 1. The highest BCUT2D eigenvalue weighted by Gasteiger charge is 2.12. The van der Waals surface area contributed by atoms with Gasteiger partial charge in [-0.25, -0.2) is 0 Å². The monoisotopic (exact) mass is 289 g/mol. The molecular formula is C17H23NO3. The van der Waals surface area contributed by atoms with Gasteiger partial charge < -0.3 is 15.2 Å². The summed E-state index contributed by atoms with van der Waals surface area (Å²) in [7, 11) is 0. The van der Waals surface area contributed by atoms with Gasteiger partial charge in [0.1, 0.15) is 0 Å². The lowest BCUT2D eigenvalue weighted by molar-refractivity contribution is 0.0871. The van der Waals surface area contributed by atoms with Crippen molar-refractivity contribution in [2.24, 2.45) is 0 Å². The molecule has 0 heterocycles. The van der Waals surface area contributed by atoms with E-state index in [2.05, 4.69) is 17.2 Å². The second-order valence-corrected chi connectivity index (χ2v) is 4.84. The highest BCUT2D eigenvalue weighted by molar-refractivity contribution is 5.96. The topological polar surface area (TPSA) is 58.6 Å². The number of aliphatic hydroxyl groups excluding tert-OH is 1. The second kappa shape index (κ2) is 9.17. The van der Waals surface area contributed by atoms with Gasteiger partial charge in [0, 0.05) is 30.2 Å². The van der Waals surface area contributed by atoms with Gasteiger partial charge in [0.05, 0.1) is 13.2 Å². The zero-order valence-corrected chi connectivity index (χ0v) is 12.9. The Morgan fingerprint density at radius 3 is 2.90 bits per heavy atom. The highest BCUT2D eigenvalue weighted by Crippen LogP contribution is 2.11. The molecule has 1 unspecified atom stereocenters. The highest BCUT2D eigenvalue weighted by atomic mass is 16.5. The molecule has 1 atom stereocenters. The number of carbonyl (C=O) groups is 1. The van der Waals surface area contributed by atoms with Crippen LogP contribution < -0.4 is 5.32 Å². The molecule has 4 heteroatoms. The predicted octanol–water partition coefficient (Wildman–Crippen LogP) is 1.88. The SMILES string of the molecule is CCOCC(C)NC(=O)c1cc(C#CCCO)ccc1C. The van der Waals surface area contributed by atoms with E-state index in [-0.39, 0.29) is 18.6 Å². The molecule has 0 bridgehead atoms. The lowest BCUT2D eigenvalue weighted by Gasteiger charge is -2.14. The van der Waals surface area contributed by atoms with E-state index in [1.165, 1.54) is 0 Å². The fraction of sp³-hybridized carbons (Fsp3) is 0.471. The number of carbonyl (C=O) groups excluding carboxylic acids is 1. The molecule has 4 nitrogen and oxygen atoms in total. The lowest BCUT2D eigenvalue weighted by atomic mass is 10.0. The van der Waals surface area contributed by atoms with E-state index >= 15 is 0 Å². The van der Waals surface area contributed by atoms with Crippen molar-refractivity contribution in [1.29, 1.82) is 0 Å². The number of benzene rings is 1. The van der Waals surface area contributed by atoms with E-state index in [0.717, 1.165) is 11.1 Å². The Hall–Kier alpha value is -1.83. The van der Waals surface area contributed by atoms with Crippen LogP contribution in [0.15, 0.2) is 18.2 Å². The summed E-state index contributed by atoms with van der Waals surface area (Å²) < 4.78 is 5.29. The first-order valence-electron chi connectivity index (χ1n) is 7.17. The Kier molecular flexibility index (Phi) is 7.52. The first kappa shape index (κ1) is 17.2. The van der Waals surface area contributed by atoms with Crippen LogP contribution in [0.1, 0.15) is 41.8 Å². The molecule has 21 heavy (non-hydrogen) atoms. The van der Waals surface area contributed by atoms with Crippen molar-refractivity contribution in [2.75, 3.05) is 19.8 Å². The van der Waals surface area contributed by atoms with Crippen molar-refractivity contribution in [2.45, 2.75) is 33.2 Å². The van der Waals surface area contributed by atoms with Crippen molar-refractivity contribution < 1.29 is 14.6 Å². The summed E-state index contributed by atoms with van der Waals surface area (Å²) in [5.74, 6) is 5.68. The van der Waals surface area contributed by atoms with Crippen molar-refractivity contribution >= 4 is 5.91 Å². The Morgan fingerprint density at radius 2 is 2.24 bits per heavy atom. The smallest absolute Gasteiger partial charge is 0.251 e. The molecule has 1 rings (SSSR count). The molecule has 114 valence electrons. The lowest BCUT2D eigenvalue weighted by Crippen LogP contribution is -2.36. The summed E-state index contributed by atoms with van der Waals surface area (Å²) >= 11 is 0. The second-order valence-electron chi connectivity index (χ2n) is 4.84. The van der Waals surface area contributed by atoms with Crippen molar-refractivity contribution in [3.05, 3.63) is 34.9 Å². The van der Waals surface area contributed by atoms with Crippen LogP contribution in [0, 0.1) is 18.8 Å². The standard InChI is InChI=1S/C17H23NO3/c1-4-21-12-14(3)18-17(20)16-11-15(7-5-6-10-19)9-8-13(16)2/h8-9,11,14,19H,4,6,10,12H2,1-3H3,(H,18,20). The molecule has 0 radical (unpaired) electrons. The average molecular weight is 289 g/mol. The summed E-state index contributed by atoms with van der Waals surface area (Å²) in [6.45, 7) is 6.90. The summed E-state index contributed by atoms with van der Waals surface area (Å²) in [6.07, 6.45) is 0.431. The van der Waals surface area contributed by atoms with Gasteiger partial charge in [0.2, 0.25) is 0 Å². The molecule has 1 aromatic rings. The quantitative estimate of drug-likeness (QED) is 0.786. The van der Waals surface area contributed by atoms with Gasteiger partial charge >= 0.3 is 0 Å². The summed E-state index contributed by atoms with van der Waals surface area (Å²) in [4.78, 5) is 12.3. The van der Waals surface area contributed by atoms with Crippen LogP contribution in [0.5, 0.6) is 0 Å². The molecule has 2 N–H and O–H groups in total. The van der Waals surface area contributed by atoms with Crippen LogP contribution in [-0.4, -0.2) is 36.9 Å². The molecule has 0 saturated carbocycles. The summed E-state index contributed by atoms with van der Waals surface area (Å²) in [6, 6.07) is 5.49. The number of hydrogen-bond donors (Lipinski definition) is 2. The number of ether oxygens (including phenoxy) is 1. The normalized spacial score (nSPS) is 11.4. The number of rotatable bonds is 6. The van der Waals surface area contributed by atoms with Gasteiger partial charge in [0.15, 0.2) is 0 Å². The van der Waals surface area contributed by atoms with Crippen LogP contribution in [0.25, 0.3) is 0 Å². The van der Waals surface area contributed by atoms with Gasteiger partial charge in [-0.2, -0.15) is 0 Å². The molecule has 1 aromatic carbocycles. The van der Waals surface area contributed by atoms with Crippen LogP contribution in [-0.2, 0) is 4.74 Å². The molecule has 0 spiro atoms. The predicted molar refractivity (Wildman–Crippen MR) is 83.2 cm³/mol. The first-order chi connectivity index (χ1) is 10.1. The molecule has 0 saturated heterocycles. The van der Waals surface area contributed by atoms with E-state index in [4.69, 9.17) is 9.84 Å². The zero-order valence-electron chi connectivity index (χ0n) is 12.9. The van der Waals surface area contributed by atoms with Gasteiger partial charge in [0.25, 0.3) is 5.91 Å². The minimum Gasteiger partial charge on any atom is -0.395 e. The van der Waals surface area contributed by atoms with Crippen LogP contribution in [0.3, 0.4) is 0 Å². The van der Waals surface area contributed by atoms with Gasteiger partial charge in [-0.3, -0.25) is 4.79 Å². The third kappa shape index (κ3) is 5.99. The maximum atomic E-state index is 12.3. The van der Waals surface area contributed by atoms with Crippen LogP contribution >= 0.6 is 0 Å². The maximum Gasteiger partial charge on any atom is 0.251 e. The summed E-state index contributed by atoms with van der Waals surface area (Å²) in [5.41, 5.74) is 2.30. The minimum absolute atomic E-state index is 0.0408. The Balaban J connectivity index is 2.79. The first-order valence-corrected chi connectivity index (χ1v) is 7.17. The Labute approximate surface area is 126 Å². The minimum atomic E-state index is -0.120. The number of aliphatic hydroxyl groups is 1. The van der Waals surface area contributed by atoms with Crippen LogP contribution in [0.2, 0.25) is 0 Å². The number of hydrogen-bond acceptors (Lipinski definition) is 3. The fourth-order valence-electron chi connectivity index (χ4n) is 1.80. The summed E-state index contributed by atoms with van der Waals surface area (Å²) in [5, 5.41) is 11.6.